The van der Waals surface area contributed by atoms with E-state index >= 15 is 0 Å². The van der Waals surface area contributed by atoms with Gasteiger partial charge in [0.1, 0.15) is 11.8 Å². The summed E-state index contributed by atoms with van der Waals surface area (Å²) in [5.41, 5.74) is 6.81. The number of rotatable bonds is 3. The minimum absolute atomic E-state index is 0.0934. The average molecular weight is 263 g/mol. The van der Waals surface area contributed by atoms with Crippen LogP contribution in [0.4, 0.5) is 5.69 Å². The predicted molar refractivity (Wildman–Crippen MR) is 75.4 cm³/mol. The summed E-state index contributed by atoms with van der Waals surface area (Å²) in [6.45, 7) is 1.95. The zero-order valence-electron chi connectivity index (χ0n) is 11.5. The Labute approximate surface area is 113 Å². The molecule has 1 aromatic carbocycles. The molecular formula is C14H21N3O2. The zero-order chi connectivity index (χ0) is 13.8. The number of benzene rings is 1. The number of nitrogens with two attached hydrogens (primary N) is 1. The standard InChI is InChI=1S/C14H21N3O2/c1-16-8-3-9-17(13(10-15)14(16)18)11-4-6-12(19-2)7-5-11/h4-7,13H,3,8-10,15H2,1-2H3. The Morgan fingerprint density at radius 1 is 1.32 bits per heavy atom. The van der Waals surface area contributed by atoms with Gasteiger partial charge in [0.05, 0.1) is 7.11 Å². The fraction of sp³-hybridized carbons (Fsp3) is 0.500. The molecule has 104 valence electrons. The zero-order valence-corrected chi connectivity index (χ0v) is 11.5. The van der Waals surface area contributed by atoms with Crippen LogP contribution in [0.1, 0.15) is 6.42 Å². The maximum atomic E-state index is 12.3. The van der Waals surface area contributed by atoms with E-state index in [0.29, 0.717) is 6.54 Å². The molecule has 5 nitrogen and oxygen atoms in total. The summed E-state index contributed by atoms with van der Waals surface area (Å²) in [7, 11) is 3.48. The van der Waals surface area contributed by atoms with Crippen LogP contribution in [0.15, 0.2) is 24.3 Å². The van der Waals surface area contributed by atoms with Crippen molar-refractivity contribution in [3.05, 3.63) is 24.3 Å². The van der Waals surface area contributed by atoms with Crippen molar-refractivity contribution in [3.63, 3.8) is 0 Å². The first kappa shape index (κ1) is 13.7. The van der Waals surface area contributed by atoms with Gasteiger partial charge in [-0.2, -0.15) is 0 Å². The van der Waals surface area contributed by atoms with E-state index in [2.05, 4.69) is 4.90 Å². The van der Waals surface area contributed by atoms with Crippen LogP contribution in [0.5, 0.6) is 5.75 Å². The van der Waals surface area contributed by atoms with Crippen LogP contribution in [-0.4, -0.2) is 50.6 Å². The first-order valence-electron chi connectivity index (χ1n) is 6.53. The molecule has 2 N–H and O–H groups in total. The number of carbonyl (C=O) groups is 1. The van der Waals surface area contributed by atoms with Crippen molar-refractivity contribution in [3.8, 4) is 5.75 Å². The molecule has 0 aliphatic carbocycles. The highest BCUT2D eigenvalue weighted by molar-refractivity contribution is 5.86. The summed E-state index contributed by atoms with van der Waals surface area (Å²) in [5, 5.41) is 0. The lowest BCUT2D eigenvalue weighted by atomic mass is 10.2. The van der Waals surface area contributed by atoms with E-state index in [1.807, 2.05) is 31.3 Å². The maximum absolute atomic E-state index is 12.3. The van der Waals surface area contributed by atoms with Gasteiger partial charge in [0.25, 0.3) is 0 Å². The Morgan fingerprint density at radius 3 is 2.58 bits per heavy atom. The molecule has 1 fully saturated rings. The summed E-state index contributed by atoms with van der Waals surface area (Å²) >= 11 is 0. The van der Waals surface area contributed by atoms with Gasteiger partial charge in [0.15, 0.2) is 0 Å². The number of ether oxygens (including phenoxy) is 1. The van der Waals surface area contributed by atoms with Gasteiger partial charge in [-0.05, 0) is 30.7 Å². The lowest BCUT2D eigenvalue weighted by molar-refractivity contribution is -0.130. The van der Waals surface area contributed by atoms with Gasteiger partial charge >= 0.3 is 0 Å². The largest absolute Gasteiger partial charge is 0.497 e. The van der Waals surface area contributed by atoms with E-state index in [1.165, 1.54) is 0 Å². The van der Waals surface area contributed by atoms with Crippen LogP contribution in [0.3, 0.4) is 0 Å². The quantitative estimate of drug-likeness (QED) is 0.871. The lowest BCUT2D eigenvalue weighted by Crippen LogP contribution is -2.49. The Bertz CT molecular complexity index is 433. The molecule has 1 amide bonds. The Kier molecular flexibility index (Phi) is 4.27. The second-order valence-electron chi connectivity index (χ2n) is 4.76. The maximum Gasteiger partial charge on any atom is 0.246 e. The van der Waals surface area contributed by atoms with Crippen molar-refractivity contribution in [2.24, 2.45) is 5.73 Å². The molecular weight excluding hydrogens is 242 g/mol. The van der Waals surface area contributed by atoms with Gasteiger partial charge in [-0.15, -0.1) is 0 Å². The molecule has 1 aliphatic heterocycles. The van der Waals surface area contributed by atoms with Crippen LogP contribution < -0.4 is 15.4 Å². The molecule has 1 saturated heterocycles. The minimum atomic E-state index is -0.277. The molecule has 1 heterocycles. The Hall–Kier alpha value is -1.75. The molecule has 2 rings (SSSR count). The third-order valence-electron chi connectivity index (χ3n) is 3.56. The van der Waals surface area contributed by atoms with Crippen LogP contribution in [-0.2, 0) is 4.79 Å². The highest BCUT2D eigenvalue weighted by atomic mass is 16.5. The fourth-order valence-corrected chi connectivity index (χ4v) is 2.44. The monoisotopic (exact) mass is 263 g/mol. The lowest BCUT2D eigenvalue weighted by Gasteiger charge is -2.30. The Balaban J connectivity index is 2.26. The number of amides is 1. The molecule has 0 bridgehead atoms. The molecule has 0 radical (unpaired) electrons. The smallest absolute Gasteiger partial charge is 0.246 e. The molecule has 0 saturated carbocycles. The molecule has 1 aromatic rings. The van der Waals surface area contributed by atoms with E-state index < -0.39 is 0 Å². The number of anilines is 1. The Morgan fingerprint density at radius 2 is 2.00 bits per heavy atom. The van der Waals surface area contributed by atoms with Crippen LogP contribution >= 0.6 is 0 Å². The number of carbonyl (C=O) groups excluding carboxylic acids is 1. The number of methoxy groups -OCH3 is 1. The molecule has 0 spiro atoms. The van der Waals surface area contributed by atoms with Crippen molar-refractivity contribution in [1.82, 2.24) is 4.90 Å². The van der Waals surface area contributed by atoms with Gasteiger partial charge < -0.3 is 20.3 Å². The van der Waals surface area contributed by atoms with Crippen molar-refractivity contribution in [2.75, 3.05) is 38.7 Å². The molecule has 0 aromatic heterocycles. The van der Waals surface area contributed by atoms with Crippen LogP contribution in [0.2, 0.25) is 0 Å². The second-order valence-corrected chi connectivity index (χ2v) is 4.76. The third-order valence-corrected chi connectivity index (χ3v) is 3.56. The van der Waals surface area contributed by atoms with E-state index in [0.717, 1.165) is 30.9 Å². The topological polar surface area (TPSA) is 58.8 Å². The number of hydrogen-bond acceptors (Lipinski definition) is 4. The van der Waals surface area contributed by atoms with Gasteiger partial charge in [-0.25, -0.2) is 0 Å². The number of nitrogens with zero attached hydrogens (tertiary/aromatic N) is 2. The van der Waals surface area contributed by atoms with E-state index in [1.54, 1.807) is 12.0 Å². The minimum Gasteiger partial charge on any atom is -0.497 e. The van der Waals surface area contributed by atoms with Crippen molar-refractivity contribution >= 4 is 11.6 Å². The second kappa shape index (κ2) is 5.93. The first-order chi connectivity index (χ1) is 9.17. The van der Waals surface area contributed by atoms with Crippen molar-refractivity contribution in [1.29, 1.82) is 0 Å². The van der Waals surface area contributed by atoms with Gasteiger partial charge in [0, 0.05) is 32.4 Å². The molecule has 1 aliphatic rings. The molecule has 19 heavy (non-hydrogen) atoms. The summed E-state index contributed by atoms with van der Waals surface area (Å²) in [6, 6.07) is 7.48. The van der Waals surface area contributed by atoms with E-state index in [9.17, 15) is 4.79 Å². The van der Waals surface area contributed by atoms with Crippen molar-refractivity contribution < 1.29 is 9.53 Å². The number of hydrogen-bond donors (Lipinski definition) is 1. The molecule has 1 unspecified atom stereocenters. The summed E-state index contributed by atoms with van der Waals surface area (Å²) in [5.74, 6) is 0.905. The predicted octanol–water partition coefficient (Wildman–Crippen LogP) is 0.691. The molecule has 5 heteroatoms. The van der Waals surface area contributed by atoms with Gasteiger partial charge in [0.2, 0.25) is 5.91 Å². The van der Waals surface area contributed by atoms with E-state index in [-0.39, 0.29) is 11.9 Å². The van der Waals surface area contributed by atoms with Crippen LogP contribution in [0, 0.1) is 0 Å². The van der Waals surface area contributed by atoms with E-state index in [4.69, 9.17) is 10.5 Å². The van der Waals surface area contributed by atoms with Crippen LogP contribution in [0.25, 0.3) is 0 Å². The van der Waals surface area contributed by atoms with Crippen molar-refractivity contribution in [2.45, 2.75) is 12.5 Å². The van der Waals surface area contributed by atoms with Gasteiger partial charge in [-0.1, -0.05) is 0 Å². The van der Waals surface area contributed by atoms with Gasteiger partial charge in [-0.3, -0.25) is 4.79 Å². The third kappa shape index (κ3) is 2.81. The fourth-order valence-electron chi connectivity index (χ4n) is 2.44. The molecule has 1 atom stereocenters. The number of likely N-dealkylation sites (N-methyl/N-ethyl adjacent to an activating group) is 1. The average Bonchev–Trinajstić information content (AvgIpc) is 2.59. The normalized spacial score (nSPS) is 20.4. The highest BCUT2D eigenvalue weighted by Gasteiger charge is 2.30. The highest BCUT2D eigenvalue weighted by Crippen LogP contribution is 2.23. The first-order valence-corrected chi connectivity index (χ1v) is 6.53. The SMILES string of the molecule is COc1ccc(N2CCCN(C)C(=O)C2CN)cc1. The summed E-state index contributed by atoms with van der Waals surface area (Å²) in [6.07, 6.45) is 0.949. The summed E-state index contributed by atoms with van der Waals surface area (Å²) in [4.78, 5) is 16.1. The summed E-state index contributed by atoms with van der Waals surface area (Å²) < 4.78 is 5.15.